The fourth-order valence-electron chi connectivity index (χ4n) is 1.80. The summed E-state index contributed by atoms with van der Waals surface area (Å²) in [4.78, 5) is 11.5. The molecule has 1 rings (SSSR count). The Labute approximate surface area is 115 Å². The second kappa shape index (κ2) is 7.67. The maximum atomic E-state index is 11.5. The molecule has 1 N–H and O–H groups in total. The van der Waals surface area contributed by atoms with Crippen molar-refractivity contribution in [1.29, 1.82) is 0 Å². The van der Waals surface area contributed by atoms with Crippen molar-refractivity contribution in [3.05, 3.63) is 23.3 Å². The van der Waals surface area contributed by atoms with Crippen molar-refractivity contribution in [2.75, 3.05) is 18.5 Å². The molecule has 0 atom stereocenters. The number of carbonyl (C=O) groups excluding carboxylic acids is 1. The van der Waals surface area contributed by atoms with E-state index in [0.717, 1.165) is 24.0 Å². The molecule has 0 aromatic heterocycles. The molecule has 0 radical (unpaired) electrons. The van der Waals surface area contributed by atoms with Crippen LogP contribution in [0, 0.1) is 13.8 Å². The lowest BCUT2D eigenvalue weighted by Gasteiger charge is -2.15. The quantitative estimate of drug-likeness (QED) is 0.789. The third kappa shape index (κ3) is 4.81. The van der Waals surface area contributed by atoms with Gasteiger partial charge in [-0.25, -0.2) is 4.79 Å². The lowest BCUT2D eigenvalue weighted by Crippen LogP contribution is -2.15. The summed E-state index contributed by atoms with van der Waals surface area (Å²) in [6.45, 7) is 8.84. The Balaban J connectivity index is 2.89. The number of benzene rings is 1. The summed E-state index contributed by atoms with van der Waals surface area (Å²) < 4.78 is 10.7. The Bertz CT molecular complexity index is 430. The number of carbonyl (C=O) groups is 1. The zero-order valence-corrected chi connectivity index (χ0v) is 12.2. The molecule has 1 amide bonds. The summed E-state index contributed by atoms with van der Waals surface area (Å²) in [5.41, 5.74) is 2.78. The number of nitrogens with one attached hydrogen (secondary N) is 1. The average molecular weight is 265 g/mol. The van der Waals surface area contributed by atoms with E-state index in [-0.39, 0.29) is 0 Å². The fraction of sp³-hybridized carbons (Fsp3) is 0.533. The molecule has 1 aromatic rings. The van der Waals surface area contributed by atoms with E-state index in [9.17, 15) is 4.79 Å². The van der Waals surface area contributed by atoms with Gasteiger partial charge in [0.05, 0.1) is 18.9 Å². The van der Waals surface area contributed by atoms with Gasteiger partial charge in [-0.1, -0.05) is 19.4 Å². The third-order valence-electron chi connectivity index (χ3n) is 2.70. The van der Waals surface area contributed by atoms with Crippen LogP contribution in [0.2, 0.25) is 0 Å². The first kappa shape index (κ1) is 15.3. The van der Waals surface area contributed by atoms with Crippen molar-refractivity contribution in [1.82, 2.24) is 0 Å². The second-order valence-electron chi connectivity index (χ2n) is 4.50. The molecule has 0 saturated carbocycles. The Hall–Kier alpha value is -1.71. The van der Waals surface area contributed by atoms with Crippen LogP contribution < -0.4 is 10.1 Å². The number of rotatable bonds is 6. The minimum Gasteiger partial charge on any atom is -0.491 e. The lowest BCUT2D eigenvalue weighted by atomic mass is 10.1. The molecule has 0 saturated heterocycles. The molecule has 0 spiro atoms. The van der Waals surface area contributed by atoms with Crippen LogP contribution in [0.15, 0.2) is 12.1 Å². The zero-order chi connectivity index (χ0) is 14.3. The molecule has 0 unspecified atom stereocenters. The van der Waals surface area contributed by atoms with Crippen molar-refractivity contribution < 1.29 is 14.3 Å². The molecular weight excluding hydrogens is 242 g/mol. The van der Waals surface area contributed by atoms with Gasteiger partial charge in [0.15, 0.2) is 0 Å². The second-order valence-corrected chi connectivity index (χ2v) is 4.50. The summed E-state index contributed by atoms with van der Waals surface area (Å²) >= 11 is 0. The summed E-state index contributed by atoms with van der Waals surface area (Å²) in [6.07, 6.45) is 1.62. The van der Waals surface area contributed by atoms with Gasteiger partial charge in [-0.2, -0.15) is 0 Å². The minimum atomic E-state index is -0.449. The van der Waals surface area contributed by atoms with Crippen LogP contribution in [0.25, 0.3) is 0 Å². The van der Waals surface area contributed by atoms with Gasteiger partial charge in [0.25, 0.3) is 0 Å². The average Bonchev–Trinajstić information content (AvgIpc) is 2.34. The molecule has 0 aliphatic heterocycles. The van der Waals surface area contributed by atoms with E-state index in [1.165, 1.54) is 0 Å². The number of hydrogen-bond donors (Lipinski definition) is 1. The van der Waals surface area contributed by atoms with Crippen molar-refractivity contribution in [3.63, 3.8) is 0 Å². The smallest absolute Gasteiger partial charge is 0.411 e. The van der Waals surface area contributed by atoms with E-state index < -0.39 is 6.09 Å². The number of hydrogen-bond acceptors (Lipinski definition) is 3. The molecule has 0 fully saturated rings. The van der Waals surface area contributed by atoms with E-state index in [2.05, 4.69) is 12.2 Å². The molecular formula is C15H23NO3. The highest BCUT2D eigenvalue weighted by atomic mass is 16.5. The SMILES string of the molecule is CCCCOc1cc(C)cc(C)c1NC(=O)OCC. The number of anilines is 1. The summed E-state index contributed by atoms with van der Waals surface area (Å²) in [5.74, 6) is 0.707. The van der Waals surface area contributed by atoms with Gasteiger partial charge in [0, 0.05) is 0 Å². The maximum absolute atomic E-state index is 11.5. The zero-order valence-electron chi connectivity index (χ0n) is 12.2. The maximum Gasteiger partial charge on any atom is 0.411 e. The van der Waals surface area contributed by atoms with E-state index in [1.54, 1.807) is 6.92 Å². The van der Waals surface area contributed by atoms with Crippen LogP contribution in [-0.2, 0) is 4.74 Å². The van der Waals surface area contributed by atoms with Crippen molar-refractivity contribution in [2.45, 2.75) is 40.5 Å². The van der Waals surface area contributed by atoms with Crippen LogP contribution >= 0.6 is 0 Å². The van der Waals surface area contributed by atoms with E-state index >= 15 is 0 Å². The number of amides is 1. The lowest BCUT2D eigenvalue weighted by molar-refractivity contribution is 0.167. The molecule has 0 bridgehead atoms. The highest BCUT2D eigenvalue weighted by Crippen LogP contribution is 2.30. The Morgan fingerprint density at radius 1 is 1.26 bits per heavy atom. The molecule has 4 nitrogen and oxygen atoms in total. The topological polar surface area (TPSA) is 47.6 Å². The number of ether oxygens (including phenoxy) is 2. The van der Waals surface area contributed by atoms with Gasteiger partial charge in [-0.15, -0.1) is 0 Å². The molecule has 0 aliphatic carbocycles. The Morgan fingerprint density at radius 3 is 2.63 bits per heavy atom. The van der Waals surface area contributed by atoms with Crippen LogP contribution in [0.1, 0.15) is 37.8 Å². The van der Waals surface area contributed by atoms with Crippen LogP contribution in [-0.4, -0.2) is 19.3 Å². The molecule has 106 valence electrons. The molecule has 1 aromatic carbocycles. The first-order valence-corrected chi connectivity index (χ1v) is 6.76. The normalized spacial score (nSPS) is 10.1. The largest absolute Gasteiger partial charge is 0.491 e. The highest BCUT2D eigenvalue weighted by Gasteiger charge is 2.12. The summed E-state index contributed by atoms with van der Waals surface area (Å²) in [5, 5.41) is 2.75. The van der Waals surface area contributed by atoms with Gasteiger partial charge in [0.1, 0.15) is 5.75 Å². The van der Waals surface area contributed by atoms with Crippen LogP contribution in [0.3, 0.4) is 0 Å². The van der Waals surface area contributed by atoms with E-state index in [0.29, 0.717) is 24.7 Å². The fourth-order valence-corrected chi connectivity index (χ4v) is 1.80. The van der Waals surface area contributed by atoms with Crippen molar-refractivity contribution >= 4 is 11.8 Å². The monoisotopic (exact) mass is 265 g/mol. The van der Waals surface area contributed by atoms with Crippen LogP contribution in [0.4, 0.5) is 10.5 Å². The standard InChI is InChI=1S/C15H23NO3/c1-5-7-8-19-13-10-11(3)9-12(4)14(13)16-15(17)18-6-2/h9-10H,5-8H2,1-4H3,(H,16,17). The molecule has 0 aliphatic rings. The third-order valence-corrected chi connectivity index (χ3v) is 2.70. The van der Waals surface area contributed by atoms with Gasteiger partial charge in [-0.05, 0) is 44.4 Å². The van der Waals surface area contributed by atoms with Gasteiger partial charge in [-0.3, -0.25) is 5.32 Å². The predicted molar refractivity (Wildman–Crippen MR) is 77.0 cm³/mol. The molecule has 19 heavy (non-hydrogen) atoms. The molecule has 4 heteroatoms. The predicted octanol–water partition coefficient (Wildman–Crippen LogP) is 4.05. The highest BCUT2D eigenvalue weighted by molar-refractivity contribution is 5.88. The van der Waals surface area contributed by atoms with E-state index in [1.807, 2.05) is 26.0 Å². The van der Waals surface area contributed by atoms with Crippen molar-refractivity contribution in [2.24, 2.45) is 0 Å². The number of unbranched alkanes of at least 4 members (excludes halogenated alkanes) is 1. The van der Waals surface area contributed by atoms with Gasteiger partial charge >= 0.3 is 6.09 Å². The summed E-state index contributed by atoms with van der Waals surface area (Å²) in [7, 11) is 0. The first-order chi connectivity index (χ1) is 9.08. The minimum absolute atomic E-state index is 0.350. The Morgan fingerprint density at radius 2 is 2.00 bits per heavy atom. The number of aryl methyl sites for hydroxylation is 2. The van der Waals surface area contributed by atoms with Crippen LogP contribution in [0.5, 0.6) is 5.75 Å². The van der Waals surface area contributed by atoms with Crippen molar-refractivity contribution in [3.8, 4) is 5.75 Å². The van der Waals surface area contributed by atoms with Gasteiger partial charge in [0.2, 0.25) is 0 Å². The summed E-state index contributed by atoms with van der Waals surface area (Å²) in [6, 6.07) is 3.94. The van der Waals surface area contributed by atoms with Gasteiger partial charge < -0.3 is 9.47 Å². The first-order valence-electron chi connectivity index (χ1n) is 6.76. The molecule has 0 heterocycles. The Kier molecular flexibility index (Phi) is 6.19. The van der Waals surface area contributed by atoms with E-state index in [4.69, 9.17) is 9.47 Å².